The molecule has 106 valence electrons. The molecule has 0 radical (unpaired) electrons. The van der Waals surface area contributed by atoms with E-state index in [1.807, 2.05) is 0 Å². The number of hydrogen-bond donors (Lipinski definition) is 1. The number of carbonyl (C=O) groups excluding carboxylic acids is 1. The minimum atomic E-state index is 0.189. The molecule has 2 amide bonds. The van der Waals surface area contributed by atoms with Crippen molar-refractivity contribution >= 4 is 6.03 Å². The Morgan fingerprint density at radius 1 is 1.16 bits per heavy atom. The van der Waals surface area contributed by atoms with Gasteiger partial charge in [-0.05, 0) is 75.0 Å². The Morgan fingerprint density at radius 2 is 1.74 bits per heavy atom. The number of urea groups is 1. The fourth-order valence-electron chi connectivity index (χ4n) is 6.04. The molecule has 19 heavy (non-hydrogen) atoms. The van der Waals surface area contributed by atoms with Crippen molar-refractivity contribution < 1.29 is 4.79 Å². The van der Waals surface area contributed by atoms with Gasteiger partial charge >= 0.3 is 6.03 Å². The Morgan fingerprint density at radius 3 is 2.26 bits per heavy atom. The van der Waals surface area contributed by atoms with Crippen LogP contribution in [0.4, 0.5) is 4.79 Å². The maximum atomic E-state index is 12.1. The molecule has 0 aromatic carbocycles. The Hall–Kier alpha value is -0.730. The van der Waals surface area contributed by atoms with Gasteiger partial charge < -0.3 is 10.2 Å². The molecular formula is C16H26N2O. The molecule has 5 aliphatic rings. The summed E-state index contributed by atoms with van der Waals surface area (Å²) in [7, 11) is 0. The van der Waals surface area contributed by atoms with Crippen LogP contribution in [-0.4, -0.2) is 30.1 Å². The second-order valence-corrected chi connectivity index (χ2v) is 7.73. The Bertz CT molecular complexity index is 357. The predicted molar refractivity (Wildman–Crippen MR) is 74.8 cm³/mol. The minimum Gasteiger partial charge on any atom is -0.338 e. The van der Waals surface area contributed by atoms with Crippen LogP contribution in [0.5, 0.6) is 0 Å². The van der Waals surface area contributed by atoms with Gasteiger partial charge in [0.15, 0.2) is 0 Å². The van der Waals surface area contributed by atoms with Crippen molar-refractivity contribution in [1.82, 2.24) is 10.2 Å². The highest BCUT2D eigenvalue weighted by Crippen LogP contribution is 2.61. The molecule has 0 aromatic rings. The van der Waals surface area contributed by atoms with E-state index in [9.17, 15) is 4.79 Å². The zero-order valence-electron chi connectivity index (χ0n) is 12.0. The molecule has 3 heteroatoms. The standard InChI is InChI=1S/C16H26N2O/c1-11(18-4-2-3-17-15(18)19)16-8-12-5-13(9-16)7-14(6-12)10-16/h11-14H,2-10H2,1H3,(H,17,19). The number of hydrogen-bond acceptors (Lipinski definition) is 1. The Balaban J connectivity index is 1.58. The van der Waals surface area contributed by atoms with Crippen molar-refractivity contribution in [1.29, 1.82) is 0 Å². The first-order valence-electron chi connectivity index (χ1n) is 8.21. The third-order valence-electron chi connectivity index (χ3n) is 6.55. The first kappa shape index (κ1) is 12.0. The molecule has 5 fully saturated rings. The fourth-order valence-corrected chi connectivity index (χ4v) is 6.04. The summed E-state index contributed by atoms with van der Waals surface area (Å²) >= 11 is 0. The molecule has 5 rings (SSSR count). The van der Waals surface area contributed by atoms with Crippen LogP contribution in [0.2, 0.25) is 0 Å². The smallest absolute Gasteiger partial charge is 0.317 e. The van der Waals surface area contributed by atoms with Gasteiger partial charge in [-0.3, -0.25) is 0 Å². The molecule has 1 unspecified atom stereocenters. The highest BCUT2D eigenvalue weighted by Gasteiger charge is 2.54. The third kappa shape index (κ3) is 1.80. The first-order valence-corrected chi connectivity index (χ1v) is 8.21. The van der Waals surface area contributed by atoms with Gasteiger partial charge in [0.05, 0.1) is 0 Å². The molecule has 1 atom stereocenters. The normalized spacial score (nSPS) is 46.3. The van der Waals surface area contributed by atoms with Crippen LogP contribution in [-0.2, 0) is 0 Å². The highest BCUT2D eigenvalue weighted by atomic mass is 16.2. The summed E-state index contributed by atoms with van der Waals surface area (Å²) in [5, 5.41) is 3.03. The average Bonchev–Trinajstić information content (AvgIpc) is 2.37. The van der Waals surface area contributed by atoms with Crippen LogP contribution in [0.3, 0.4) is 0 Å². The van der Waals surface area contributed by atoms with Gasteiger partial charge in [0.2, 0.25) is 0 Å². The summed E-state index contributed by atoms with van der Waals surface area (Å²) in [4.78, 5) is 14.3. The SMILES string of the molecule is CC(N1CCCNC1=O)C12CC3CC(CC(C3)C1)C2. The molecule has 1 saturated heterocycles. The topological polar surface area (TPSA) is 32.3 Å². The van der Waals surface area contributed by atoms with Crippen LogP contribution in [0.1, 0.15) is 51.9 Å². The van der Waals surface area contributed by atoms with Crippen LogP contribution < -0.4 is 5.32 Å². The summed E-state index contributed by atoms with van der Waals surface area (Å²) in [6, 6.07) is 0.635. The van der Waals surface area contributed by atoms with Gasteiger partial charge in [-0.25, -0.2) is 4.79 Å². The van der Waals surface area contributed by atoms with Crippen LogP contribution >= 0.6 is 0 Å². The van der Waals surface area contributed by atoms with Crippen molar-refractivity contribution in [2.75, 3.05) is 13.1 Å². The van der Waals surface area contributed by atoms with E-state index in [-0.39, 0.29) is 6.03 Å². The van der Waals surface area contributed by atoms with Crippen LogP contribution in [0.15, 0.2) is 0 Å². The molecule has 1 N–H and O–H groups in total. The average molecular weight is 262 g/mol. The van der Waals surface area contributed by atoms with Crippen LogP contribution in [0.25, 0.3) is 0 Å². The van der Waals surface area contributed by atoms with Crippen LogP contribution in [0, 0.1) is 23.2 Å². The van der Waals surface area contributed by atoms with Crippen molar-refractivity contribution in [3.05, 3.63) is 0 Å². The van der Waals surface area contributed by atoms with Gasteiger partial charge in [-0.15, -0.1) is 0 Å². The number of carbonyl (C=O) groups is 1. The van der Waals surface area contributed by atoms with E-state index in [2.05, 4.69) is 17.1 Å². The number of nitrogens with one attached hydrogen (secondary N) is 1. The van der Waals surface area contributed by atoms with E-state index in [1.54, 1.807) is 0 Å². The lowest BCUT2D eigenvalue weighted by Crippen LogP contribution is -2.60. The number of nitrogens with zero attached hydrogens (tertiary/aromatic N) is 1. The Labute approximate surface area is 116 Å². The molecule has 4 aliphatic carbocycles. The zero-order chi connectivity index (χ0) is 13.0. The maximum Gasteiger partial charge on any atom is 0.317 e. The third-order valence-corrected chi connectivity index (χ3v) is 6.55. The van der Waals surface area contributed by atoms with E-state index >= 15 is 0 Å². The van der Waals surface area contributed by atoms with Crippen molar-refractivity contribution in [3.8, 4) is 0 Å². The van der Waals surface area contributed by atoms with E-state index in [0.29, 0.717) is 11.5 Å². The van der Waals surface area contributed by atoms with E-state index in [1.165, 1.54) is 38.5 Å². The monoisotopic (exact) mass is 262 g/mol. The molecule has 3 nitrogen and oxygen atoms in total. The second kappa shape index (κ2) is 4.13. The lowest BCUT2D eigenvalue weighted by atomic mass is 9.47. The molecule has 0 aromatic heterocycles. The largest absolute Gasteiger partial charge is 0.338 e. The van der Waals surface area contributed by atoms with E-state index in [4.69, 9.17) is 0 Å². The van der Waals surface area contributed by atoms with Gasteiger partial charge in [0.1, 0.15) is 0 Å². The summed E-state index contributed by atoms with van der Waals surface area (Å²) in [5.41, 5.74) is 0.462. The summed E-state index contributed by atoms with van der Waals surface area (Å²) < 4.78 is 0. The number of rotatable bonds is 2. The highest BCUT2D eigenvalue weighted by molar-refractivity contribution is 5.75. The predicted octanol–water partition coefficient (Wildman–Crippen LogP) is 3.01. The lowest BCUT2D eigenvalue weighted by Gasteiger charge is -2.60. The fraction of sp³-hybridized carbons (Fsp3) is 0.938. The summed E-state index contributed by atoms with van der Waals surface area (Å²) in [6.45, 7) is 4.16. The minimum absolute atomic E-state index is 0.189. The van der Waals surface area contributed by atoms with Gasteiger partial charge in [-0.1, -0.05) is 0 Å². The van der Waals surface area contributed by atoms with E-state index < -0.39 is 0 Å². The van der Waals surface area contributed by atoms with Crippen molar-refractivity contribution in [3.63, 3.8) is 0 Å². The quantitative estimate of drug-likeness (QED) is 0.815. The van der Waals surface area contributed by atoms with Gasteiger partial charge in [-0.2, -0.15) is 0 Å². The maximum absolute atomic E-state index is 12.1. The molecule has 1 heterocycles. The van der Waals surface area contributed by atoms with Crippen molar-refractivity contribution in [2.24, 2.45) is 23.2 Å². The van der Waals surface area contributed by atoms with E-state index in [0.717, 1.165) is 37.3 Å². The zero-order valence-corrected chi connectivity index (χ0v) is 12.0. The molecule has 0 spiro atoms. The summed E-state index contributed by atoms with van der Waals surface area (Å²) in [5.74, 6) is 2.92. The second-order valence-electron chi connectivity index (χ2n) is 7.73. The Kier molecular flexibility index (Phi) is 2.62. The number of amides is 2. The summed E-state index contributed by atoms with van der Waals surface area (Å²) in [6.07, 6.45) is 9.74. The first-order chi connectivity index (χ1) is 9.16. The van der Waals surface area contributed by atoms with Crippen molar-refractivity contribution in [2.45, 2.75) is 57.9 Å². The molecule has 4 saturated carbocycles. The van der Waals surface area contributed by atoms with Gasteiger partial charge in [0, 0.05) is 19.1 Å². The molecule has 4 bridgehead atoms. The van der Waals surface area contributed by atoms with Gasteiger partial charge in [0.25, 0.3) is 0 Å². The molecule has 1 aliphatic heterocycles. The molecular weight excluding hydrogens is 236 g/mol. The lowest BCUT2D eigenvalue weighted by molar-refractivity contribution is -0.0899.